The first-order chi connectivity index (χ1) is 14.5. The van der Waals surface area contributed by atoms with Crippen molar-refractivity contribution in [3.05, 3.63) is 35.4 Å². The van der Waals surface area contributed by atoms with E-state index in [1.54, 1.807) is 11.9 Å². The number of carbonyl (C=O) groups is 1. The molecule has 0 radical (unpaired) electrons. The van der Waals surface area contributed by atoms with Gasteiger partial charge in [-0.15, -0.1) is 0 Å². The van der Waals surface area contributed by atoms with Gasteiger partial charge in [0.15, 0.2) is 0 Å². The van der Waals surface area contributed by atoms with Crippen LogP contribution in [0.1, 0.15) is 55.7 Å². The second kappa shape index (κ2) is 9.46. The van der Waals surface area contributed by atoms with Crippen LogP contribution in [-0.4, -0.2) is 62.6 Å². The van der Waals surface area contributed by atoms with Crippen molar-refractivity contribution >= 4 is 15.9 Å². The summed E-state index contributed by atoms with van der Waals surface area (Å²) in [6.07, 6.45) is 2.56. The molecule has 1 N–H and O–H groups in total. The molecule has 3 rings (SSSR count). The Bertz CT molecular complexity index is 868. The average molecular weight is 462 g/mol. The fourth-order valence-corrected chi connectivity index (χ4v) is 5.41. The summed E-state index contributed by atoms with van der Waals surface area (Å²) in [4.78, 5) is 17.4. The van der Waals surface area contributed by atoms with Gasteiger partial charge in [0, 0.05) is 19.1 Å². The summed E-state index contributed by atoms with van der Waals surface area (Å²) in [6, 6.07) is 2.95. The van der Waals surface area contributed by atoms with Gasteiger partial charge in [0.25, 0.3) is 0 Å². The monoisotopic (exact) mass is 461 g/mol. The number of rotatable bonds is 6. The maximum Gasteiger partial charge on any atom is 0.416 e. The topological polar surface area (TPSA) is 69.7 Å². The fourth-order valence-electron chi connectivity index (χ4n) is 4.75. The van der Waals surface area contributed by atoms with Crippen molar-refractivity contribution in [1.82, 2.24) is 14.5 Å². The van der Waals surface area contributed by atoms with E-state index in [1.165, 1.54) is 0 Å². The van der Waals surface area contributed by atoms with Crippen molar-refractivity contribution in [2.75, 3.05) is 26.4 Å². The van der Waals surface area contributed by atoms with Crippen LogP contribution in [0.3, 0.4) is 0 Å². The normalized spacial score (nSPS) is 24.2. The highest BCUT2D eigenvalue weighted by Gasteiger charge is 2.38. The molecule has 0 bridgehead atoms. The third-order valence-corrected chi connectivity index (χ3v) is 6.96. The minimum Gasteiger partial charge on any atom is -0.340 e. The third-order valence-electron chi connectivity index (χ3n) is 6.30. The Kier molecular flexibility index (Phi) is 7.32. The molecule has 174 valence electrons. The number of alkyl halides is 3. The van der Waals surface area contributed by atoms with Crippen molar-refractivity contribution in [3.8, 4) is 0 Å². The number of nitrogens with zero attached hydrogens (tertiary/aromatic N) is 2. The summed E-state index contributed by atoms with van der Waals surface area (Å²) in [5.41, 5.74) is -0.666. The van der Waals surface area contributed by atoms with Crippen LogP contribution in [0.5, 0.6) is 0 Å². The molecule has 6 nitrogen and oxygen atoms in total. The van der Waals surface area contributed by atoms with Gasteiger partial charge in [0.1, 0.15) is 6.04 Å². The zero-order valence-electron chi connectivity index (χ0n) is 17.9. The summed E-state index contributed by atoms with van der Waals surface area (Å²) in [6.45, 7) is 1.99. The number of halogens is 3. The van der Waals surface area contributed by atoms with E-state index >= 15 is 0 Å². The molecule has 31 heavy (non-hydrogen) atoms. The molecule has 10 heteroatoms. The Morgan fingerprint density at radius 2 is 1.68 bits per heavy atom. The number of amides is 1. The predicted molar refractivity (Wildman–Crippen MR) is 112 cm³/mol. The molecule has 1 saturated heterocycles. The summed E-state index contributed by atoms with van der Waals surface area (Å²) in [7, 11) is -2.11. The number of carbonyl (C=O) groups excluding carboxylic acids is 1. The number of nitrogens with one attached hydrogen (secondary N) is 1. The standard InChI is InChI=1S/C21H30F3N3O3S/c1-26(17-7-3-4-8-18(17)27-13-5-6-14-27)20(28)19(25-31(2,29)30)15-9-11-16(12-10-15)21(22,23)24/h9-12,17-19,25H,3-8,13-14H2,1-2H3. The van der Waals surface area contributed by atoms with Crippen LogP contribution in [0.25, 0.3) is 0 Å². The summed E-state index contributed by atoms with van der Waals surface area (Å²) in [5, 5.41) is 0. The first-order valence-corrected chi connectivity index (χ1v) is 12.5. The van der Waals surface area contributed by atoms with Crippen molar-refractivity contribution < 1.29 is 26.4 Å². The molecule has 0 spiro atoms. The van der Waals surface area contributed by atoms with Crippen molar-refractivity contribution in [1.29, 1.82) is 0 Å². The van der Waals surface area contributed by atoms with Gasteiger partial charge in [0.05, 0.1) is 11.8 Å². The summed E-state index contributed by atoms with van der Waals surface area (Å²) in [5.74, 6) is -0.457. The Hall–Kier alpha value is -1.65. The Labute approximate surface area is 181 Å². The van der Waals surface area contributed by atoms with Crippen LogP contribution in [0.2, 0.25) is 0 Å². The molecular formula is C21H30F3N3O3S. The maximum atomic E-state index is 13.4. The van der Waals surface area contributed by atoms with Crippen LogP contribution in [0.15, 0.2) is 24.3 Å². The quantitative estimate of drug-likeness (QED) is 0.707. The van der Waals surface area contributed by atoms with E-state index < -0.39 is 33.7 Å². The van der Waals surface area contributed by atoms with E-state index in [9.17, 15) is 26.4 Å². The van der Waals surface area contributed by atoms with Gasteiger partial charge in [-0.25, -0.2) is 8.42 Å². The van der Waals surface area contributed by atoms with E-state index in [0.29, 0.717) is 0 Å². The molecular weight excluding hydrogens is 431 g/mol. The van der Waals surface area contributed by atoms with Gasteiger partial charge in [-0.2, -0.15) is 17.9 Å². The minimum atomic E-state index is -4.51. The van der Waals surface area contributed by atoms with Crippen LogP contribution in [-0.2, 0) is 21.0 Å². The van der Waals surface area contributed by atoms with Crippen LogP contribution in [0.4, 0.5) is 13.2 Å². The molecule has 3 unspecified atom stereocenters. The molecule has 1 saturated carbocycles. The molecule has 1 amide bonds. The molecule has 1 aromatic carbocycles. The number of sulfonamides is 1. The molecule has 1 aliphatic carbocycles. The first-order valence-electron chi connectivity index (χ1n) is 10.6. The van der Waals surface area contributed by atoms with E-state index in [-0.39, 0.29) is 17.6 Å². The smallest absolute Gasteiger partial charge is 0.340 e. The lowest BCUT2D eigenvalue weighted by Crippen LogP contribution is -2.55. The van der Waals surface area contributed by atoms with Gasteiger partial charge >= 0.3 is 6.18 Å². The lowest BCUT2D eigenvalue weighted by atomic mass is 9.87. The zero-order valence-corrected chi connectivity index (χ0v) is 18.7. The first kappa shape index (κ1) is 24.0. The van der Waals surface area contributed by atoms with Gasteiger partial charge in [0.2, 0.25) is 15.9 Å². The second-order valence-electron chi connectivity index (χ2n) is 8.55. The van der Waals surface area contributed by atoms with Crippen molar-refractivity contribution in [3.63, 3.8) is 0 Å². The van der Waals surface area contributed by atoms with Crippen LogP contribution >= 0.6 is 0 Å². The Balaban J connectivity index is 1.86. The second-order valence-corrected chi connectivity index (χ2v) is 10.3. The highest BCUT2D eigenvalue weighted by atomic mass is 32.2. The Morgan fingerprint density at radius 1 is 1.10 bits per heavy atom. The molecule has 2 aliphatic rings. The van der Waals surface area contributed by atoms with Crippen molar-refractivity contribution in [2.24, 2.45) is 0 Å². The van der Waals surface area contributed by atoms with E-state index in [2.05, 4.69) is 9.62 Å². The molecule has 2 fully saturated rings. The number of benzene rings is 1. The lowest BCUT2D eigenvalue weighted by molar-refractivity contribution is -0.137. The highest BCUT2D eigenvalue weighted by Crippen LogP contribution is 2.32. The molecule has 1 heterocycles. The number of hydrogen-bond acceptors (Lipinski definition) is 4. The minimum absolute atomic E-state index is 0.0577. The van der Waals surface area contributed by atoms with Gasteiger partial charge in [-0.1, -0.05) is 25.0 Å². The Morgan fingerprint density at radius 3 is 2.23 bits per heavy atom. The predicted octanol–water partition coefficient (Wildman–Crippen LogP) is 3.16. The molecule has 3 atom stereocenters. The summed E-state index contributed by atoms with van der Waals surface area (Å²) < 4.78 is 65.0. The lowest BCUT2D eigenvalue weighted by Gasteiger charge is -2.43. The molecule has 0 aromatic heterocycles. The molecule has 1 aliphatic heterocycles. The van der Waals surface area contributed by atoms with Gasteiger partial charge in [-0.05, 0) is 56.5 Å². The SMILES string of the molecule is CN(C(=O)C(NS(C)(=O)=O)c1ccc(C(F)(F)F)cc1)C1CCCCC1N1CCCC1. The number of hydrogen-bond donors (Lipinski definition) is 1. The molecule has 1 aromatic rings. The largest absolute Gasteiger partial charge is 0.416 e. The van der Waals surface area contributed by atoms with E-state index in [0.717, 1.165) is 82.1 Å². The van der Waals surface area contributed by atoms with E-state index in [1.807, 2.05) is 0 Å². The maximum absolute atomic E-state index is 13.4. The third kappa shape index (κ3) is 5.98. The summed E-state index contributed by atoms with van der Waals surface area (Å²) >= 11 is 0. The zero-order chi connectivity index (χ0) is 22.8. The average Bonchev–Trinajstić information content (AvgIpc) is 3.24. The number of likely N-dealkylation sites (N-methyl/N-ethyl adjacent to an activating group) is 1. The van der Waals surface area contributed by atoms with Gasteiger partial charge < -0.3 is 4.90 Å². The highest BCUT2D eigenvalue weighted by molar-refractivity contribution is 7.88. The van der Waals surface area contributed by atoms with E-state index in [4.69, 9.17) is 0 Å². The van der Waals surface area contributed by atoms with Crippen LogP contribution < -0.4 is 4.72 Å². The van der Waals surface area contributed by atoms with Gasteiger partial charge in [-0.3, -0.25) is 9.69 Å². The number of likely N-dealkylation sites (tertiary alicyclic amines) is 1. The fraction of sp³-hybridized carbons (Fsp3) is 0.667. The van der Waals surface area contributed by atoms with Crippen molar-refractivity contribution in [2.45, 2.75) is 62.8 Å². The van der Waals surface area contributed by atoms with Crippen LogP contribution in [0, 0.1) is 0 Å².